The molecule has 35 aliphatic heterocycles. The summed E-state index contributed by atoms with van der Waals surface area (Å²) in [5, 5.41) is 218. The first-order valence-electron chi connectivity index (χ1n) is 30.8. The summed E-state index contributed by atoms with van der Waals surface area (Å²) in [5.41, 5.74) is 2.63. The number of rotatable bonds is 7. The molecule has 20 bridgehead atoms. The van der Waals surface area contributed by atoms with Gasteiger partial charge in [-0.05, 0) is 23.3 Å². The molecular weight excluding hydrogens is 1320 g/mol. The van der Waals surface area contributed by atoms with Crippen LogP contribution >= 0.6 is 23.5 Å². The van der Waals surface area contributed by atoms with Crippen molar-refractivity contribution in [1.29, 1.82) is 0 Å². The fourth-order valence-corrected chi connectivity index (χ4v) is 15.2. The van der Waals surface area contributed by atoms with Crippen LogP contribution in [0.2, 0.25) is 0 Å². The number of ether oxygens (including phenoxy) is 16. The molecule has 0 aliphatic carbocycles. The first-order chi connectivity index (χ1) is 45.6. The second-order valence-corrected chi connectivity index (χ2v) is 26.4. The average molecular weight is 1410 g/mol. The minimum absolute atomic E-state index is 0.158. The van der Waals surface area contributed by atoms with Crippen LogP contribution in [0.25, 0.3) is 11.1 Å². The molecule has 0 saturated carbocycles. The van der Waals surface area contributed by atoms with Crippen LogP contribution in [-0.4, -0.2) is 371 Å². The Kier molecular flexibility index (Phi) is 24.6. The van der Waals surface area contributed by atoms with Gasteiger partial charge in [-0.2, -0.15) is 23.5 Å². The van der Waals surface area contributed by atoms with E-state index in [2.05, 4.69) is 0 Å². The maximum Gasteiger partial charge on any atom is 0.187 e. The maximum atomic E-state index is 12.1. The van der Waals surface area contributed by atoms with E-state index in [1.807, 2.05) is 12.1 Å². The van der Waals surface area contributed by atoms with Gasteiger partial charge in [0.15, 0.2) is 44.0 Å². The molecular formula is C58H84O35S2. The van der Waals surface area contributed by atoms with E-state index in [-0.39, 0.29) is 23.0 Å². The highest BCUT2D eigenvalue weighted by molar-refractivity contribution is 7.98. The Hall–Kier alpha value is -2.58. The zero-order valence-corrected chi connectivity index (χ0v) is 52.5. The van der Waals surface area contributed by atoms with E-state index in [0.717, 1.165) is 0 Å². The zero-order valence-electron chi connectivity index (χ0n) is 50.9. The molecule has 0 radical (unpaired) electrons. The summed E-state index contributed by atoms with van der Waals surface area (Å²) in [7, 11) is 2.91. The van der Waals surface area contributed by atoms with E-state index >= 15 is 0 Å². The molecule has 2 aromatic carbocycles. The van der Waals surface area contributed by atoms with Gasteiger partial charge >= 0.3 is 0 Å². The predicted molar refractivity (Wildman–Crippen MR) is 312 cm³/mol. The molecule has 0 spiro atoms. The lowest BCUT2D eigenvalue weighted by molar-refractivity contribution is -0.395. The molecule has 95 heavy (non-hydrogen) atoms. The molecule has 16 fully saturated rings. The van der Waals surface area contributed by atoms with Gasteiger partial charge in [-0.25, -0.2) is 0 Å². The third-order valence-corrected chi connectivity index (χ3v) is 20.6. The van der Waals surface area contributed by atoms with Gasteiger partial charge in [-0.3, -0.25) is 0 Å². The molecule has 0 amide bonds. The Bertz CT molecular complexity index is 2780. The van der Waals surface area contributed by atoms with E-state index in [0.29, 0.717) is 33.8 Å². The van der Waals surface area contributed by atoms with Crippen molar-refractivity contribution in [2.45, 2.75) is 226 Å². The normalized spacial score (nSPS) is 47.9. The van der Waals surface area contributed by atoms with E-state index in [9.17, 15) is 97.0 Å². The average Bonchev–Trinajstić information content (AvgIpc) is 0.790. The van der Waals surface area contributed by atoms with E-state index < -0.39 is 248 Å². The molecule has 37 heteroatoms. The summed E-state index contributed by atoms with van der Waals surface area (Å²) < 4.78 is 95.9. The Morgan fingerprint density at radius 2 is 0.526 bits per heavy atom. The Balaban J connectivity index is 0.994. The van der Waals surface area contributed by atoms with Crippen LogP contribution in [0.15, 0.2) is 36.4 Å². The molecule has 2 aromatic rings. The summed E-state index contributed by atoms with van der Waals surface area (Å²) in [4.78, 5) is 0. The fourth-order valence-electron chi connectivity index (χ4n) is 13.0. The lowest BCUT2D eigenvalue weighted by atomic mass is 9.95. The molecule has 35 aliphatic rings. The van der Waals surface area contributed by atoms with E-state index in [4.69, 9.17) is 75.8 Å². The second kappa shape index (κ2) is 31.8. The highest BCUT2D eigenvalue weighted by Gasteiger charge is 2.60. The first kappa shape index (κ1) is 73.6. The van der Waals surface area contributed by atoms with Crippen molar-refractivity contribution < 1.29 is 173 Å². The van der Waals surface area contributed by atoms with Crippen LogP contribution in [0.1, 0.15) is 11.1 Å². The second-order valence-electron chi connectivity index (χ2n) is 24.4. The number of hydrogen-bond acceptors (Lipinski definition) is 37. The van der Waals surface area contributed by atoms with Crippen molar-refractivity contribution in [3.63, 3.8) is 0 Å². The molecule has 14 unspecified atom stereocenters. The highest BCUT2D eigenvalue weighted by Crippen LogP contribution is 2.42. The van der Waals surface area contributed by atoms with Gasteiger partial charge in [-0.1, -0.05) is 24.3 Å². The van der Waals surface area contributed by atoms with Crippen molar-refractivity contribution in [2.75, 3.05) is 58.8 Å². The van der Waals surface area contributed by atoms with Crippen molar-refractivity contribution in [1.82, 2.24) is 0 Å². The van der Waals surface area contributed by atoms with Crippen molar-refractivity contribution in [2.24, 2.45) is 0 Å². The first-order valence-corrected chi connectivity index (χ1v) is 33.1. The van der Waals surface area contributed by atoms with Gasteiger partial charge < -0.3 is 173 Å². The maximum absolute atomic E-state index is 12.1. The SMILES string of the molecule is COc1cc2ccc1CSC[C@H]1O[C@@H]3O[C@H]4C(O)C(O)[C@H](O[C@@H]4CO)O[C@H]4C(O)C(O)[C@H](O[C@@H]4CO)O[C@H]4C(O)C(O)[C@H](O[C@@H]4CSCc4ccc-2cc4OC)O[C@H]2C(O)C(O)[C@H](O[C@@H]2CO)O[C@H]2C(O)C(O)[C@H](O[C@@H]2CO)O[C@H]2C(O)C(O)[C@H](O[C@@H]2CO)O[C@H]1C(O)C3O. The molecule has 35 atom stereocenters. The molecule has 35 heterocycles. The summed E-state index contributed by atoms with van der Waals surface area (Å²) in [6.07, 6.45) is -68.7. The number of methoxy groups -OCH3 is 2. The monoisotopic (exact) mass is 1400 g/mol. The molecule has 37 rings (SSSR count). The Labute approximate surface area is 549 Å². The third-order valence-electron chi connectivity index (χ3n) is 18.4. The van der Waals surface area contributed by atoms with Gasteiger partial charge in [0.25, 0.3) is 0 Å². The largest absolute Gasteiger partial charge is 0.496 e. The lowest BCUT2D eigenvalue weighted by Gasteiger charge is -2.50. The topological polar surface area (TPSA) is 532 Å². The van der Waals surface area contributed by atoms with Gasteiger partial charge in [-0.15, -0.1) is 0 Å². The predicted octanol–water partition coefficient (Wildman–Crippen LogP) is -9.35. The molecule has 538 valence electrons. The van der Waals surface area contributed by atoms with Crippen LogP contribution in [0.4, 0.5) is 0 Å². The lowest BCUT2D eigenvalue weighted by Crippen LogP contribution is -2.68. The number of aliphatic hydroxyl groups excluding tert-OH is 19. The van der Waals surface area contributed by atoms with Crippen molar-refractivity contribution >= 4 is 23.5 Å². The number of hydrogen-bond donors (Lipinski definition) is 19. The summed E-state index contributed by atoms with van der Waals surface area (Å²) >= 11 is 2.35. The smallest absolute Gasteiger partial charge is 0.187 e. The minimum atomic E-state index is -2.20. The van der Waals surface area contributed by atoms with Gasteiger partial charge in [0.2, 0.25) is 0 Å². The summed E-state index contributed by atoms with van der Waals surface area (Å²) in [6, 6.07) is 10.8. The third kappa shape index (κ3) is 14.9. The van der Waals surface area contributed by atoms with Gasteiger partial charge in [0.05, 0.1) is 59.5 Å². The Morgan fingerprint density at radius 1 is 0.305 bits per heavy atom. The summed E-state index contributed by atoms with van der Waals surface area (Å²) in [5.74, 6) is 0.808. The van der Waals surface area contributed by atoms with Crippen LogP contribution in [0.3, 0.4) is 0 Å². The van der Waals surface area contributed by atoms with Crippen LogP contribution in [0.5, 0.6) is 11.5 Å². The van der Waals surface area contributed by atoms with Crippen molar-refractivity contribution in [3.8, 4) is 22.6 Å². The van der Waals surface area contributed by atoms with E-state index in [1.165, 1.54) is 37.7 Å². The van der Waals surface area contributed by atoms with Crippen molar-refractivity contribution in [3.05, 3.63) is 47.5 Å². The number of aliphatic hydroxyl groups is 19. The zero-order chi connectivity index (χ0) is 68.0. The number of benzene rings is 2. The van der Waals surface area contributed by atoms with Crippen LogP contribution in [0, 0.1) is 0 Å². The highest BCUT2D eigenvalue weighted by atomic mass is 32.2. The Morgan fingerprint density at radius 3 is 0.758 bits per heavy atom. The quantitative estimate of drug-likeness (QED) is 0.122. The molecule has 19 N–H and O–H groups in total. The fraction of sp³-hybridized carbons (Fsp3) is 0.793. The van der Waals surface area contributed by atoms with E-state index in [1.54, 1.807) is 24.3 Å². The van der Waals surface area contributed by atoms with Crippen LogP contribution < -0.4 is 9.47 Å². The molecule has 35 nitrogen and oxygen atoms in total. The minimum Gasteiger partial charge on any atom is -0.496 e. The number of thioether (sulfide) groups is 2. The van der Waals surface area contributed by atoms with Gasteiger partial charge in [0.1, 0.15) is 170 Å². The molecule has 0 aromatic heterocycles. The molecule has 16 saturated heterocycles. The standard InChI is InChI=1S/C58H84O35S2/c1-78-22-7-18-3-5-20(22)14-94-16-29-50-37(70)44(77)58(86-29)91-49-28(13-63)82-54(40(73)33(49)66)89-47-26(11-61)84-56(42(75)35(47)68)93-51-30(17-95-15-21-6-4-19(18)8-23(21)79-2)85-57(43(76)36(51)69)90-48-27(12-62)81-53(39(72)32(48)65)87-45-24(9-59)80-52(38(71)31(45)64)88-46-25(10-60)83-55(92-50)41(74)34(46)67/h3-8,24-77H,9-17H2,1-2H3/t24-,25-,26-,27-,28-,29-,30-,31?,32?,33?,34?,35?,36?,37?,38?,39?,40?,41?,42?,43?,44?,45-,46-,47-,48-,49-,50-,51-,52-,53-,54-,55-,56-,57-,58-/m1/s1. The summed E-state index contributed by atoms with van der Waals surface area (Å²) in [6.45, 7) is -5.12. The van der Waals surface area contributed by atoms with Gasteiger partial charge in [0, 0.05) is 34.1 Å². The van der Waals surface area contributed by atoms with Crippen LogP contribution in [-0.2, 0) is 77.8 Å².